The van der Waals surface area contributed by atoms with Crippen LogP contribution in [0.1, 0.15) is 36.0 Å². The van der Waals surface area contributed by atoms with Crippen molar-refractivity contribution in [2.24, 2.45) is 13.0 Å². The number of benzene rings is 2. The van der Waals surface area contributed by atoms with E-state index in [0.717, 1.165) is 66.1 Å². The van der Waals surface area contributed by atoms with Gasteiger partial charge in [-0.2, -0.15) is 0 Å². The first-order valence-electron chi connectivity index (χ1n) is 12.7. The number of nitrogens with zero attached hydrogens (tertiary/aromatic N) is 5. The Morgan fingerprint density at radius 1 is 1.06 bits per heavy atom. The van der Waals surface area contributed by atoms with Crippen LogP contribution in [0.3, 0.4) is 0 Å². The standard InChI is InChI=1S/C29H31N5O2/c1-32-12-9-21(19-32)28-17-30-26-8-7-23(16-27(26)31-28)34(18-20-5-6-20)24-13-22(14-25(15-24)36-2)29(35)33-10-3-4-11-33/h7-9,12-17,19-20H,3-6,10-11,18H2,1-2H3. The summed E-state index contributed by atoms with van der Waals surface area (Å²) in [5, 5.41) is 0. The molecule has 0 radical (unpaired) electrons. The molecule has 0 bridgehead atoms. The maximum Gasteiger partial charge on any atom is 0.254 e. The van der Waals surface area contributed by atoms with Crippen LogP contribution in [-0.2, 0) is 7.05 Å². The number of amides is 1. The van der Waals surface area contributed by atoms with E-state index in [1.165, 1.54) is 12.8 Å². The lowest BCUT2D eigenvalue weighted by molar-refractivity contribution is 0.0792. The lowest BCUT2D eigenvalue weighted by Crippen LogP contribution is -2.28. The molecule has 4 aromatic rings. The highest BCUT2D eigenvalue weighted by Gasteiger charge is 2.27. The number of likely N-dealkylation sites (tertiary alicyclic amines) is 1. The molecule has 0 atom stereocenters. The highest BCUT2D eigenvalue weighted by Crippen LogP contribution is 2.38. The van der Waals surface area contributed by atoms with Crippen LogP contribution in [0.4, 0.5) is 11.4 Å². The van der Waals surface area contributed by atoms with E-state index in [1.54, 1.807) is 7.11 Å². The molecule has 0 spiro atoms. The molecule has 7 nitrogen and oxygen atoms in total. The number of aromatic nitrogens is 3. The van der Waals surface area contributed by atoms with Crippen LogP contribution in [0.5, 0.6) is 5.75 Å². The number of carbonyl (C=O) groups excluding carboxylic acids is 1. The highest BCUT2D eigenvalue weighted by molar-refractivity contribution is 5.96. The Bertz CT molecular complexity index is 1420. The van der Waals surface area contributed by atoms with Crippen LogP contribution in [0.2, 0.25) is 0 Å². The summed E-state index contributed by atoms with van der Waals surface area (Å²) in [7, 11) is 3.66. The van der Waals surface area contributed by atoms with E-state index in [9.17, 15) is 4.79 Å². The Hall–Kier alpha value is -3.87. The van der Waals surface area contributed by atoms with Gasteiger partial charge >= 0.3 is 0 Å². The van der Waals surface area contributed by atoms with Crippen molar-refractivity contribution in [3.63, 3.8) is 0 Å². The number of aryl methyl sites for hydroxylation is 1. The normalized spacial score (nSPS) is 15.4. The van der Waals surface area contributed by atoms with Gasteiger partial charge in [0, 0.05) is 67.6 Å². The van der Waals surface area contributed by atoms with Gasteiger partial charge in [0.1, 0.15) is 5.75 Å². The first-order chi connectivity index (χ1) is 17.6. The third-order valence-corrected chi connectivity index (χ3v) is 7.18. The maximum absolute atomic E-state index is 13.2. The quantitative estimate of drug-likeness (QED) is 0.352. The zero-order chi connectivity index (χ0) is 24.6. The summed E-state index contributed by atoms with van der Waals surface area (Å²) in [5.41, 5.74) is 6.31. The Morgan fingerprint density at radius 2 is 1.89 bits per heavy atom. The summed E-state index contributed by atoms with van der Waals surface area (Å²) in [4.78, 5) is 27.1. The minimum absolute atomic E-state index is 0.0795. The fourth-order valence-corrected chi connectivity index (χ4v) is 4.96. The average molecular weight is 482 g/mol. The van der Waals surface area contributed by atoms with E-state index in [-0.39, 0.29) is 5.91 Å². The predicted molar refractivity (Wildman–Crippen MR) is 142 cm³/mol. The summed E-state index contributed by atoms with van der Waals surface area (Å²) in [6, 6.07) is 14.2. The third-order valence-electron chi connectivity index (χ3n) is 7.18. The van der Waals surface area contributed by atoms with Crippen molar-refractivity contribution in [2.75, 3.05) is 31.6 Å². The molecule has 3 heterocycles. The number of hydrogen-bond donors (Lipinski definition) is 0. The second kappa shape index (κ2) is 9.30. The van der Waals surface area contributed by atoms with Crippen molar-refractivity contribution in [1.82, 2.24) is 19.4 Å². The summed E-state index contributed by atoms with van der Waals surface area (Å²) in [6.07, 6.45) is 10.5. The fourth-order valence-electron chi connectivity index (χ4n) is 4.96. The van der Waals surface area contributed by atoms with E-state index in [1.807, 2.05) is 65.4 Å². The molecule has 2 aromatic carbocycles. The van der Waals surface area contributed by atoms with E-state index >= 15 is 0 Å². The van der Waals surface area contributed by atoms with Crippen LogP contribution in [0.15, 0.2) is 61.1 Å². The largest absolute Gasteiger partial charge is 0.497 e. The van der Waals surface area contributed by atoms with Gasteiger partial charge in [-0.25, -0.2) is 4.98 Å². The molecule has 36 heavy (non-hydrogen) atoms. The summed E-state index contributed by atoms with van der Waals surface area (Å²) in [5.74, 6) is 1.42. The third kappa shape index (κ3) is 4.53. The van der Waals surface area contributed by atoms with E-state index < -0.39 is 0 Å². The number of hydrogen-bond acceptors (Lipinski definition) is 5. The van der Waals surface area contributed by atoms with Gasteiger partial charge in [-0.3, -0.25) is 9.78 Å². The van der Waals surface area contributed by atoms with Gasteiger partial charge in [0.25, 0.3) is 5.91 Å². The molecule has 2 aliphatic rings. The van der Waals surface area contributed by atoms with E-state index in [4.69, 9.17) is 9.72 Å². The van der Waals surface area contributed by atoms with Gasteiger partial charge in [0.05, 0.1) is 30.0 Å². The Balaban J connectivity index is 1.40. The van der Waals surface area contributed by atoms with Gasteiger partial charge in [-0.15, -0.1) is 0 Å². The smallest absolute Gasteiger partial charge is 0.254 e. The lowest BCUT2D eigenvalue weighted by atomic mass is 10.1. The fraction of sp³-hybridized carbons (Fsp3) is 0.345. The molecule has 2 fully saturated rings. The SMILES string of the molecule is COc1cc(C(=O)N2CCCC2)cc(N(CC2CC2)c2ccc3ncc(-c4ccn(C)c4)nc3c2)c1. The molecule has 1 saturated carbocycles. The van der Waals surface area contributed by atoms with Gasteiger partial charge in [0.15, 0.2) is 0 Å². The van der Waals surface area contributed by atoms with Crippen molar-refractivity contribution in [3.8, 4) is 17.0 Å². The van der Waals surface area contributed by atoms with Crippen molar-refractivity contribution >= 4 is 28.3 Å². The summed E-state index contributed by atoms with van der Waals surface area (Å²) >= 11 is 0. The van der Waals surface area contributed by atoms with Crippen LogP contribution in [-0.4, -0.2) is 52.1 Å². The van der Waals surface area contributed by atoms with Crippen molar-refractivity contribution in [2.45, 2.75) is 25.7 Å². The van der Waals surface area contributed by atoms with Gasteiger partial charge < -0.3 is 19.1 Å². The molecule has 1 saturated heterocycles. The van der Waals surface area contributed by atoms with Gasteiger partial charge in [-0.1, -0.05) is 0 Å². The Labute approximate surface area is 211 Å². The van der Waals surface area contributed by atoms with Gasteiger partial charge in [0.2, 0.25) is 0 Å². The molecule has 1 aliphatic carbocycles. The summed E-state index contributed by atoms with van der Waals surface area (Å²) < 4.78 is 7.64. The zero-order valence-corrected chi connectivity index (χ0v) is 20.9. The van der Waals surface area contributed by atoms with Crippen LogP contribution in [0, 0.1) is 5.92 Å². The number of carbonyl (C=O) groups is 1. The first-order valence-corrected chi connectivity index (χ1v) is 12.7. The topological polar surface area (TPSA) is 63.5 Å². The molecule has 0 N–H and O–H groups in total. The molecular weight excluding hydrogens is 450 g/mol. The summed E-state index contributed by atoms with van der Waals surface area (Å²) in [6.45, 7) is 2.54. The Kier molecular flexibility index (Phi) is 5.83. The monoisotopic (exact) mass is 481 g/mol. The number of fused-ring (bicyclic) bond motifs is 1. The minimum Gasteiger partial charge on any atom is -0.497 e. The highest BCUT2D eigenvalue weighted by atomic mass is 16.5. The predicted octanol–water partition coefficient (Wildman–Crippen LogP) is 5.43. The van der Waals surface area contributed by atoms with Crippen molar-refractivity contribution in [3.05, 3.63) is 66.6 Å². The second-order valence-electron chi connectivity index (χ2n) is 9.97. The van der Waals surface area contributed by atoms with Crippen LogP contribution >= 0.6 is 0 Å². The van der Waals surface area contributed by atoms with Crippen LogP contribution < -0.4 is 9.64 Å². The number of methoxy groups -OCH3 is 1. The molecule has 1 amide bonds. The second-order valence-corrected chi connectivity index (χ2v) is 9.97. The van der Waals surface area contributed by atoms with Crippen LogP contribution in [0.25, 0.3) is 22.3 Å². The molecule has 184 valence electrons. The number of ether oxygens (including phenoxy) is 1. The van der Waals surface area contributed by atoms with E-state index in [2.05, 4.69) is 22.0 Å². The zero-order valence-electron chi connectivity index (χ0n) is 20.9. The minimum atomic E-state index is 0.0795. The first kappa shape index (κ1) is 22.6. The van der Waals surface area contributed by atoms with E-state index in [0.29, 0.717) is 17.2 Å². The number of rotatable bonds is 7. The maximum atomic E-state index is 13.2. The van der Waals surface area contributed by atoms with Crippen molar-refractivity contribution in [1.29, 1.82) is 0 Å². The molecule has 0 unspecified atom stereocenters. The number of anilines is 2. The molecule has 7 heteroatoms. The molecular formula is C29H31N5O2. The lowest BCUT2D eigenvalue weighted by Gasteiger charge is -2.27. The Morgan fingerprint density at radius 3 is 2.61 bits per heavy atom. The van der Waals surface area contributed by atoms with Gasteiger partial charge in [-0.05, 0) is 68.0 Å². The molecule has 2 aromatic heterocycles. The molecule has 1 aliphatic heterocycles. The van der Waals surface area contributed by atoms with Crippen molar-refractivity contribution < 1.29 is 9.53 Å². The molecule has 6 rings (SSSR count). The average Bonchev–Trinajstić information content (AvgIpc) is 3.35.